The molecule has 1 aromatic carbocycles. The molecule has 5 nitrogen and oxygen atoms in total. The first-order chi connectivity index (χ1) is 12.3. The zero-order valence-electron chi connectivity index (χ0n) is 14.9. The van der Waals surface area contributed by atoms with Gasteiger partial charge in [-0.3, -0.25) is 14.6 Å². The van der Waals surface area contributed by atoms with Crippen LogP contribution in [0.3, 0.4) is 0 Å². The molecule has 0 spiro atoms. The molecule has 3 aliphatic rings. The highest BCUT2D eigenvalue weighted by molar-refractivity contribution is 5.82. The van der Waals surface area contributed by atoms with Crippen molar-refractivity contribution in [3.63, 3.8) is 0 Å². The van der Waals surface area contributed by atoms with Crippen LogP contribution in [-0.2, 0) is 16.1 Å². The smallest absolute Gasteiger partial charge is 0.237 e. The Bertz CT molecular complexity index is 580. The van der Waals surface area contributed by atoms with Crippen molar-refractivity contribution in [1.29, 1.82) is 0 Å². The molecule has 25 heavy (non-hydrogen) atoms. The maximum atomic E-state index is 12.7. The van der Waals surface area contributed by atoms with Crippen molar-refractivity contribution < 1.29 is 9.53 Å². The van der Waals surface area contributed by atoms with E-state index in [1.807, 2.05) is 6.07 Å². The lowest BCUT2D eigenvalue weighted by atomic mass is 10.1. The van der Waals surface area contributed by atoms with Crippen LogP contribution in [0.2, 0.25) is 0 Å². The standard InChI is InChI=1S/C20H29N3O2/c24-20(21-12-18-14-22-10-4-8-17(22)15-25-18)19-9-5-11-23(19)13-16-6-2-1-3-7-16/h1-3,6-7,17-19H,4-5,8-15H2,(H,21,24). The van der Waals surface area contributed by atoms with Gasteiger partial charge in [0.25, 0.3) is 0 Å². The minimum absolute atomic E-state index is 0.00309. The van der Waals surface area contributed by atoms with Gasteiger partial charge in [-0.1, -0.05) is 30.3 Å². The molecule has 3 fully saturated rings. The Morgan fingerprint density at radius 2 is 2.00 bits per heavy atom. The number of carbonyl (C=O) groups excluding carboxylic acids is 1. The van der Waals surface area contributed by atoms with Crippen molar-refractivity contribution >= 4 is 5.91 Å². The summed E-state index contributed by atoms with van der Waals surface area (Å²) >= 11 is 0. The van der Waals surface area contributed by atoms with Crippen LogP contribution in [0.15, 0.2) is 30.3 Å². The summed E-state index contributed by atoms with van der Waals surface area (Å²) in [6.45, 7) is 5.47. The predicted molar refractivity (Wildman–Crippen MR) is 97.2 cm³/mol. The van der Waals surface area contributed by atoms with E-state index < -0.39 is 0 Å². The van der Waals surface area contributed by atoms with Gasteiger partial charge in [-0.2, -0.15) is 0 Å². The van der Waals surface area contributed by atoms with Gasteiger partial charge >= 0.3 is 0 Å². The second kappa shape index (κ2) is 7.85. The Labute approximate surface area is 150 Å². The van der Waals surface area contributed by atoms with E-state index in [1.54, 1.807) is 0 Å². The van der Waals surface area contributed by atoms with Gasteiger partial charge in [-0.15, -0.1) is 0 Å². The van der Waals surface area contributed by atoms with Crippen LogP contribution < -0.4 is 5.32 Å². The van der Waals surface area contributed by atoms with Crippen molar-refractivity contribution in [2.45, 2.75) is 50.4 Å². The van der Waals surface area contributed by atoms with E-state index in [0.717, 1.165) is 39.1 Å². The number of benzene rings is 1. The quantitative estimate of drug-likeness (QED) is 0.883. The molecule has 3 unspecified atom stereocenters. The fraction of sp³-hybridized carbons (Fsp3) is 0.650. The lowest BCUT2D eigenvalue weighted by Gasteiger charge is -2.35. The third-order valence-corrected chi connectivity index (χ3v) is 5.86. The molecule has 136 valence electrons. The van der Waals surface area contributed by atoms with E-state index in [2.05, 4.69) is 39.4 Å². The highest BCUT2D eigenvalue weighted by Crippen LogP contribution is 2.23. The molecule has 1 aromatic rings. The number of fused-ring (bicyclic) bond motifs is 1. The zero-order valence-corrected chi connectivity index (χ0v) is 14.9. The summed E-state index contributed by atoms with van der Waals surface area (Å²) in [7, 11) is 0. The second-order valence-electron chi connectivity index (χ2n) is 7.61. The minimum Gasteiger partial charge on any atom is -0.373 e. The monoisotopic (exact) mass is 343 g/mol. The van der Waals surface area contributed by atoms with Gasteiger partial charge in [0.1, 0.15) is 0 Å². The molecule has 5 heteroatoms. The summed E-state index contributed by atoms with van der Waals surface area (Å²) in [4.78, 5) is 17.5. The summed E-state index contributed by atoms with van der Waals surface area (Å²) in [6.07, 6.45) is 4.74. The molecule has 4 rings (SSSR count). The van der Waals surface area contributed by atoms with Crippen LogP contribution in [0.5, 0.6) is 0 Å². The third-order valence-electron chi connectivity index (χ3n) is 5.86. The zero-order chi connectivity index (χ0) is 17.1. The van der Waals surface area contributed by atoms with Crippen LogP contribution >= 0.6 is 0 Å². The van der Waals surface area contributed by atoms with Crippen molar-refractivity contribution in [3.8, 4) is 0 Å². The van der Waals surface area contributed by atoms with Crippen molar-refractivity contribution in [3.05, 3.63) is 35.9 Å². The summed E-state index contributed by atoms with van der Waals surface area (Å²) in [5.74, 6) is 0.167. The van der Waals surface area contributed by atoms with Crippen molar-refractivity contribution in [2.24, 2.45) is 0 Å². The fourth-order valence-corrected chi connectivity index (χ4v) is 4.47. The number of hydrogen-bond donors (Lipinski definition) is 1. The third kappa shape index (κ3) is 4.05. The lowest BCUT2D eigenvalue weighted by Crippen LogP contribution is -2.52. The normalized spacial score (nSPS) is 30.3. The van der Waals surface area contributed by atoms with E-state index in [0.29, 0.717) is 12.6 Å². The van der Waals surface area contributed by atoms with Gasteiger partial charge in [0.05, 0.1) is 18.8 Å². The fourth-order valence-electron chi connectivity index (χ4n) is 4.47. The van der Waals surface area contributed by atoms with Crippen LogP contribution in [0.4, 0.5) is 0 Å². The highest BCUT2D eigenvalue weighted by atomic mass is 16.5. The average molecular weight is 343 g/mol. The molecule has 0 bridgehead atoms. The van der Waals surface area contributed by atoms with Crippen LogP contribution in [0, 0.1) is 0 Å². The Morgan fingerprint density at radius 3 is 2.88 bits per heavy atom. The van der Waals surface area contributed by atoms with E-state index in [4.69, 9.17) is 4.74 Å². The van der Waals surface area contributed by atoms with E-state index in [1.165, 1.54) is 24.9 Å². The largest absolute Gasteiger partial charge is 0.373 e. The van der Waals surface area contributed by atoms with E-state index >= 15 is 0 Å². The Kier molecular flexibility index (Phi) is 5.34. The van der Waals surface area contributed by atoms with E-state index in [9.17, 15) is 4.79 Å². The van der Waals surface area contributed by atoms with Gasteiger partial charge in [0.2, 0.25) is 5.91 Å². The Balaban J connectivity index is 1.27. The molecule has 0 aliphatic carbocycles. The Hall–Kier alpha value is -1.43. The predicted octanol–water partition coefficient (Wildman–Crippen LogP) is 1.63. The molecule has 3 saturated heterocycles. The lowest BCUT2D eigenvalue weighted by molar-refractivity contribution is -0.127. The van der Waals surface area contributed by atoms with Gasteiger partial charge in [-0.05, 0) is 44.3 Å². The number of carbonyl (C=O) groups is 1. The molecule has 1 N–H and O–H groups in total. The number of ether oxygens (including phenoxy) is 1. The molecule has 3 heterocycles. The molecular formula is C20H29N3O2. The first-order valence-corrected chi connectivity index (χ1v) is 9.71. The van der Waals surface area contributed by atoms with E-state index in [-0.39, 0.29) is 18.1 Å². The summed E-state index contributed by atoms with van der Waals surface area (Å²) in [5.41, 5.74) is 1.28. The minimum atomic E-state index is 0.00309. The number of morpholine rings is 1. The molecule has 1 amide bonds. The molecule has 0 radical (unpaired) electrons. The Morgan fingerprint density at radius 1 is 1.16 bits per heavy atom. The first-order valence-electron chi connectivity index (χ1n) is 9.71. The topological polar surface area (TPSA) is 44.8 Å². The molecule has 3 atom stereocenters. The number of rotatable bonds is 5. The van der Waals surface area contributed by atoms with Crippen molar-refractivity contribution in [1.82, 2.24) is 15.1 Å². The maximum Gasteiger partial charge on any atom is 0.237 e. The molecule has 3 aliphatic heterocycles. The SMILES string of the molecule is O=C(NCC1CN2CCCC2CO1)C1CCCN1Cc1ccccc1. The molecule has 0 aromatic heterocycles. The number of nitrogens with one attached hydrogen (secondary N) is 1. The van der Waals surface area contributed by atoms with Gasteiger partial charge in [-0.25, -0.2) is 0 Å². The van der Waals surface area contributed by atoms with Gasteiger partial charge in [0, 0.05) is 25.7 Å². The van der Waals surface area contributed by atoms with Gasteiger partial charge < -0.3 is 10.1 Å². The summed E-state index contributed by atoms with van der Waals surface area (Å²) in [5, 5.41) is 3.16. The van der Waals surface area contributed by atoms with Crippen LogP contribution in [0.25, 0.3) is 0 Å². The number of hydrogen-bond acceptors (Lipinski definition) is 4. The van der Waals surface area contributed by atoms with Crippen LogP contribution in [0.1, 0.15) is 31.2 Å². The number of amides is 1. The van der Waals surface area contributed by atoms with Crippen LogP contribution in [-0.4, -0.2) is 66.7 Å². The molecule has 0 saturated carbocycles. The van der Waals surface area contributed by atoms with Gasteiger partial charge in [0.15, 0.2) is 0 Å². The first kappa shape index (κ1) is 17.0. The summed E-state index contributed by atoms with van der Waals surface area (Å²) < 4.78 is 5.96. The average Bonchev–Trinajstić information content (AvgIpc) is 3.29. The second-order valence-corrected chi connectivity index (χ2v) is 7.61. The number of likely N-dealkylation sites (tertiary alicyclic amines) is 1. The highest BCUT2D eigenvalue weighted by Gasteiger charge is 2.34. The summed E-state index contributed by atoms with van der Waals surface area (Å²) in [6, 6.07) is 11.0. The number of nitrogens with zero attached hydrogens (tertiary/aromatic N) is 2. The maximum absolute atomic E-state index is 12.7. The van der Waals surface area contributed by atoms with Crippen molar-refractivity contribution in [2.75, 3.05) is 32.8 Å². The molecular weight excluding hydrogens is 314 g/mol.